The summed E-state index contributed by atoms with van der Waals surface area (Å²) < 4.78 is 7.44. The molecule has 1 atom stereocenters. The number of carbonyl (C=O) groups excluding carboxylic acids is 1. The van der Waals surface area contributed by atoms with Crippen LogP contribution in [0.2, 0.25) is 0 Å². The summed E-state index contributed by atoms with van der Waals surface area (Å²) in [5.74, 6) is 1.80. The SMILES string of the molecule is CCn1c(CCCc2ccc(OC)c(C)c2)nnc1SC(C)C(=O)Nc1nc(C)c(C)s1. The number of hydrogen-bond acceptors (Lipinski definition) is 7. The smallest absolute Gasteiger partial charge is 0.239 e. The van der Waals surface area contributed by atoms with Crippen LogP contribution < -0.4 is 10.1 Å². The molecule has 1 unspecified atom stereocenters. The first-order chi connectivity index (χ1) is 15.3. The summed E-state index contributed by atoms with van der Waals surface area (Å²) in [5, 5.41) is 12.8. The Kier molecular flexibility index (Phi) is 8.31. The van der Waals surface area contributed by atoms with E-state index in [0.717, 1.165) is 58.7 Å². The highest BCUT2D eigenvalue weighted by molar-refractivity contribution is 8.00. The van der Waals surface area contributed by atoms with Crippen molar-refractivity contribution >= 4 is 34.1 Å². The van der Waals surface area contributed by atoms with Gasteiger partial charge in [0.05, 0.1) is 18.1 Å². The lowest BCUT2D eigenvalue weighted by atomic mass is 10.0. The maximum Gasteiger partial charge on any atom is 0.239 e. The van der Waals surface area contributed by atoms with Crippen LogP contribution in [0.4, 0.5) is 5.13 Å². The minimum absolute atomic E-state index is 0.0779. The number of thioether (sulfide) groups is 1. The number of aryl methyl sites for hydroxylation is 5. The number of ether oxygens (including phenoxy) is 1. The number of aromatic nitrogens is 4. The Balaban J connectivity index is 1.57. The molecule has 9 heteroatoms. The number of nitrogens with one attached hydrogen (secondary N) is 1. The van der Waals surface area contributed by atoms with Crippen LogP contribution in [-0.4, -0.2) is 38.0 Å². The normalized spacial score (nSPS) is 12.1. The molecule has 0 fully saturated rings. The molecule has 172 valence electrons. The van der Waals surface area contributed by atoms with E-state index in [-0.39, 0.29) is 11.2 Å². The molecule has 0 saturated heterocycles. The van der Waals surface area contributed by atoms with Gasteiger partial charge in [0.2, 0.25) is 5.91 Å². The number of methoxy groups -OCH3 is 1. The molecule has 2 aromatic heterocycles. The minimum atomic E-state index is -0.302. The summed E-state index contributed by atoms with van der Waals surface area (Å²) in [6.07, 6.45) is 2.79. The second-order valence-corrected chi connectivity index (χ2v) is 10.2. The largest absolute Gasteiger partial charge is 0.496 e. The molecule has 0 aliphatic heterocycles. The van der Waals surface area contributed by atoms with Gasteiger partial charge >= 0.3 is 0 Å². The Labute approximate surface area is 198 Å². The van der Waals surface area contributed by atoms with Crippen molar-refractivity contribution in [1.82, 2.24) is 19.7 Å². The van der Waals surface area contributed by atoms with E-state index in [0.29, 0.717) is 5.13 Å². The lowest BCUT2D eigenvalue weighted by molar-refractivity contribution is -0.115. The summed E-state index contributed by atoms with van der Waals surface area (Å²) in [6.45, 7) is 10.7. The first kappa shape index (κ1) is 24.3. The van der Waals surface area contributed by atoms with Crippen LogP contribution in [0.1, 0.15) is 47.8 Å². The van der Waals surface area contributed by atoms with E-state index in [4.69, 9.17) is 4.74 Å². The summed E-state index contributed by atoms with van der Waals surface area (Å²) in [5.41, 5.74) is 3.39. The van der Waals surface area contributed by atoms with Gasteiger partial charge in [0.25, 0.3) is 0 Å². The molecule has 1 amide bonds. The zero-order chi connectivity index (χ0) is 23.3. The van der Waals surface area contributed by atoms with Crippen LogP contribution >= 0.6 is 23.1 Å². The Morgan fingerprint density at radius 2 is 2.03 bits per heavy atom. The average Bonchev–Trinajstić information content (AvgIpc) is 3.29. The van der Waals surface area contributed by atoms with Gasteiger partial charge in [-0.25, -0.2) is 4.98 Å². The van der Waals surface area contributed by atoms with Crippen molar-refractivity contribution < 1.29 is 9.53 Å². The molecule has 7 nitrogen and oxygen atoms in total. The van der Waals surface area contributed by atoms with E-state index >= 15 is 0 Å². The first-order valence-corrected chi connectivity index (χ1v) is 12.5. The second-order valence-electron chi connectivity index (χ2n) is 7.71. The van der Waals surface area contributed by atoms with E-state index in [1.807, 2.05) is 26.8 Å². The molecule has 0 aliphatic rings. The van der Waals surface area contributed by atoms with Gasteiger partial charge in [0.1, 0.15) is 11.6 Å². The molecule has 0 saturated carbocycles. The van der Waals surface area contributed by atoms with Crippen molar-refractivity contribution in [3.8, 4) is 5.75 Å². The van der Waals surface area contributed by atoms with Crippen molar-refractivity contribution in [2.45, 2.75) is 70.8 Å². The number of thiazole rings is 1. The molecule has 3 aromatic rings. The zero-order valence-electron chi connectivity index (χ0n) is 19.6. The molecule has 1 aromatic carbocycles. The summed E-state index contributed by atoms with van der Waals surface area (Å²) in [4.78, 5) is 18.1. The number of carbonyl (C=O) groups is 1. The van der Waals surface area contributed by atoms with Gasteiger partial charge in [-0.15, -0.1) is 21.5 Å². The summed E-state index contributed by atoms with van der Waals surface area (Å²) in [6, 6.07) is 6.31. The summed E-state index contributed by atoms with van der Waals surface area (Å²) >= 11 is 2.93. The predicted octanol–water partition coefficient (Wildman–Crippen LogP) is 4.98. The fourth-order valence-electron chi connectivity index (χ4n) is 3.40. The topological polar surface area (TPSA) is 81.9 Å². The molecule has 0 bridgehead atoms. The minimum Gasteiger partial charge on any atom is -0.496 e. The highest BCUT2D eigenvalue weighted by Gasteiger charge is 2.21. The molecule has 0 aliphatic carbocycles. The molecular formula is C23H31N5O2S2. The quantitative estimate of drug-likeness (QED) is 0.418. The van der Waals surface area contributed by atoms with Crippen molar-refractivity contribution in [2.24, 2.45) is 0 Å². The fourth-order valence-corrected chi connectivity index (χ4v) is 5.15. The standard InChI is InChI=1S/C23H31N5O2S2/c1-7-28-20(10-8-9-18-11-12-19(30-6)14(2)13-18)26-27-23(28)32-17(5)21(29)25-22-24-15(3)16(4)31-22/h11-13,17H,7-10H2,1-6H3,(H,24,25,29). The lowest BCUT2D eigenvalue weighted by Crippen LogP contribution is -2.23. The Morgan fingerprint density at radius 1 is 1.25 bits per heavy atom. The van der Waals surface area contributed by atoms with Crippen molar-refractivity contribution in [3.63, 3.8) is 0 Å². The van der Waals surface area contributed by atoms with Crippen LogP contribution in [-0.2, 0) is 24.2 Å². The molecule has 32 heavy (non-hydrogen) atoms. The van der Waals surface area contributed by atoms with Crippen molar-refractivity contribution in [3.05, 3.63) is 45.7 Å². The molecular weight excluding hydrogens is 442 g/mol. The average molecular weight is 474 g/mol. The van der Waals surface area contributed by atoms with E-state index in [1.54, 1.807) is 7.11 Å². The highest BCUT2D eigenvalue weighted by atomic mass is 32.2. The van der Waals surface area contributed by atoms with Gasteiger partial charge in [-0.1, -0.05) is 23.9 Å². The van der Waals surface area contributed by atoms with Gasteiger partial charge < -0.3 is 14.6 Å². The lowest BCUT2D eigenvalue weighted by Gasteiger charge is -2.12. The van der Waals surface area contributed by atoms with Gasteiger partial charge in [-0.2, -0.15) is 0 Å². The third-order valence-electron chi connectivity index (χ3n) is 5.34. The van der Waals surface area contributed by atoms with Gasteiger partial charge in [-0.05, 0) is 64.7 Å². The van der Waals surface area contributed by atoms with Crippen LogP contribution in [0.25, 0.3) is 0 Å². The number of benzene rings is 1. The highest BCUT2D eigenvalue weighted by Crippen LogP contribution is 2.26. The van der Waals surface area contributed by atoms with Crippen molar-refractivity contribution in [1.29, 1.82) is 0 Å². The third-order valence-corrected chi connectivity index (χ3v) is 7.41. The number of nitrogens with zero attached hydrogens (tertiary/aromatic N) is 4. The monoisotopic (exact) mass is 473 g/mol. The van der Waals surface area contributed by atoms with Gasteiger partial charge in [0, 0.05) is 17.8 Å². The Bertz CT molecular complexity index is 1060. The maximum atomic E-state index is 12.6. The van der Waals surface area contributed by atoms with Gasteiger partial charge in [-0.3, -0.25) is 4.79 Å². The van der Waals surface area contributed by atoms with Crippen molar-refractivity contribution in [2.75, 3.05) is 12.4 Å². The number of amides is 1. The fraction of sp³-hybridized carbons (Fsp3) is 0.478. The van der Waals surface area contributed by atoms with Gasteiger partial charge in [0.15, 0.2) is 10.3 Å². The first-order valence-electron chi connectivity index (χ1n) is 10.8. The van der Waals surface area contributed by atoms with E-state index in [1.165, 1.54) is 28.7 Å². The van der Waals surface area contributed by atoms with E-state index < -0.39 is 0 Å². The number of anilines is 1. The Hall–Kier alpha value is -2.39. The molecule has 0 radical (unpaired) electrons. The van der Waals surface area contributed by atoms with E-state index in [9.17, 15) is 4.79 Å². The number of hydrogen-bond donors (Lipinski definition) is 1. The summed E-state index contributed by atoms with van der Waals surface area (Å²) in [7, 11) is 1.70. The Morgan fingerprint density at radius 3 is 2.66 bits per heavy atom. The maximum absolute atomic E-state index is 12.6. The molecule has 2 heterocycles. The van der Waals surface area contributed by atoms with Crippen LogP contribution in [0, 0.1) is 20.8 Å². The predicted molar refractivity (Wildman–Crippen MR) is 131 cm³/mol. The second kappa shape index (κ2) is 11.0. The molecule has 3 rings (SSSR count). The van der Waals surface area contributed by atoms with E-state index in [2.05, 4.69) is 51.0 Å². The van der Waals surface area contributed by atoms with Crippen LogP contribution in [0.5, 0.6) is 5.75 Å². The third kappa shape index (κ3) is 5.89. The zero-order valence-corrected chi connectivity index (χ0v) is 21.2. The van der Waals surface area contributed by atoms with Crippen LogP contribution in [0.15, 0.2) is 23.4 Å². The number of rotatable bonds is 10. The molecule has 1 N–H and O–H groups in total. The van der Waals surface area contributed by atoms with Crippen LogP contribution in [0.3, 0.4) is 0 Å². The molecule has 0 spiro atoms.